The standard InChI is InChI=1S/C19H16F2N2O/c20-13-6-7-16(21)14(8-13)15-9-17(12-4-2-1-3-5-12)23-18(15)10-22-11-19(23)24/h1-9,17-18,22H,10-11H2/t17-,18+/m0/s1. The van der Waals surface area contributed by atoms with Gasteiger partial charge in [0.25, 0.3) is 0 Å². The average Bonchev–Trinajstić information content (AvgIpc) is 2.99. The van der Waals surface area contributed by atoms with E-state index in [1.807, 2.05) is 36.4 Å². The lowest BCUT2D eigenvalue weighted by Gasteiger charge is -2.36. The molecular formula is C19H16F2N2O. The Morgan fingerprint density at radius 1 is 1.08 bits per heavy atom. The van der Waals surface area contributed by atoms with Gasteiger partial charge < -0.3 is 10.2 Å². The predicted molar refractivity (Wildman–Crippen MR) is 87.0 cm³/mol. The topological polar surface area (TPSA) is 32.3 Å². The monoisotopic (exact) mass is 326 g/mol. The molecule has 0 aliphatic carbocycles. The first kappa shape index (κ1) is 15.0. The molecule has 1 fully saturated rings. The average molecular weight is 326 g/mol. The molecule has 1 amide bonds. The summed E-state index contributed by atoms with van der Waals surface area (Å²) in [5.74, 6) is -1.00. The number of piperazine rings is 1. The zero-order valence-corrected chi connectivity index (χ0v) is 12.9. The van der Waals surface area contributed by atoms with Gasteiger partial charge in [-0.15, -0.1) is 0 Å². The first-order chi connectivity index (χ1) is 11.6. The summed E-state index contributed by atoms with van der Waals surface area (Å²) < 4.78 is 27.9. The van der Waals surface area contributed by atoms with Gasteiger partial charge in [-0.05, 0) is 29.3 Å². The normalized spacial score (nSPS) is 23.2. The van der Waals surface area contributed by atoms with E-state index in [4.69, 9.17) is 0 Å². The Hall–Kier alpha value is -2.53. The van der Waals surface area contributed by atoms with Crippen LogP contribution in [0.4, 0.5) is 8.78 Å². The van der Waals surface area contributed by atoms with Crippen molar-refractivity contribution >= 4 is 11.5 Å². The number of hydrogen-bond donors (Lipinski definition) is 1. The van der Waals surface area contributed by atoms with Gasteiger partial charge in [0, 0.05) is 12.1 Å². The Balaban J connectivity index is 1.83. The van der Waals surface area contributed by atoms with Crippen LogP contribution < -0.4 is 5.32 Å². The summed E-state index contributed by atoms with van der Waals surface area (Å²) >= 11 is 0. The van der Waals surface area contributed by atoms with E-state index in [1.165, 1.54) is 6.07 Å². The van der Waals surface area contributed by atoms with Gasteiger partial charge in [-0.2, -0.15) is 0 Å². The SMILES string of the molecule is O=C1CNC[C@@H]2C(c3cc(F)ccc3F)=C[C@@H](c3ccccc3)N12. The van der Waals surface area contributed by atoms with Crippen molar-refractivity contribution in [1.82, 2.24) is 10.2 Å². The summed E-state index contributed by atoms with van der Waals surface area (Å²) in [6, 6.07) is 12.5. The van der Waals surface area contributed by atoms with E-state index in [0.29, 0.717) is 12.1 Å². The predicted octanol–water partition coefficient (Wildman–Crippen LogP) is 2.90. The number of hydrogen-bond acceptors (Lipinski definition) is 2. The van der Waals surface area contributed by atoms with Gasteiger partial charge in [0.05, 0.1) is 18.6 Å². The number of amides is 1. The van der Waals surface area contributed by atoms with Crippen molar-refractivity contribution in [3.05, 3.63) is 77.4 Å². The highest BCUT2D eigenvalue weighted by Gasteiger charge is 2.41. The Bertz CT molecular complexity index is 819. The van der Waals surface area contributed by atoms with E-state index in [0.717, 1.165) is 17.7 Å². The van der Waals surface area contributed by atoms with Crippen molar-refractivity contribution in [2.45, 2.75) is 12.1 Å². The van der Waals surface area contributed by atoms with E-state index in [1.54, 1.807) is 4.90 Å². The first-order valence-electron chi connectivity index (χ1n) is 7.89. The van der Waals surface area contributed by atoms with Gasteiger partial charge in [-0.3, -0.25) is 4.79 Å². The summed E-state index contributed by atoms with van der Waals surface area (Å²) in [4.78, 5) is 14.2. The fourth-order valence-electron chi connectivity index (χ4n) is 3.54. The second-order valence-corrected chi connectivity index (χ2v) is 6.05. The fourth-order valence-corrected chi connectivity index (χ4v) is 3.54. The van der Waals surface area contributed by atoms with Crippen LogP contribution in [0.25, 0.3) is 5.57 Å². The fraction of sp³-hybridized carbons (Fsp3) is 0.211. The van der Waals surface area contributed by atoms with Crippen molar-refractivity contribution in [1.29, 1.82) is 0 Å². The third kappa shape index (κ3) is 2.41. The minimum atomic E-state index is -0.489. The van der Waals surface area contributed by atoms with Crippen LogP contribution >= 0.6 is 0 Å². The summed E-state index contributed by atoms with van der Waals surface area (Å²) in [5.41, 5.74) is 1.84. The lowest BCUT2D eigenvalue weighted by atomic mass is 9.98. The van der Waals surface area contributed by atoms with Crippen LogP contribution in [-0.4, -0.2) is 29.9 Å². The molecule has 24 heavy (non-hydrogen) atoms. The molecule has 5 heteroatoms. The molecule has 2 heterocycles. The van der Waals surface area contributed by atoms with E-state index in [-0.39, 0.29) is 30.1 Å². The molecule has 4 rings (SSSR count). The lowest BCUT2D eigenvalue weighted by molar-refractivity contribution is -0.134. The minimum absolute atomic E-state index is 0.0387. The second-order valence-electron chi connectivity index (χ2n) is 6.05. The van der Waals surface area contributed by atoms with E-state index >= 15 is 0 Å². The number of carbonyl (C=O) groups is 1. The quantitative estimate of drug-likeness (QED) is 0.920. The van der Waals surface area contributed by atoms with Gasteiger partial charge in [-0.1, -0.05) is 36.4 Å². The number of nitrogens with one attached hydrogen (secondary N) is 1. The van der Waals surface area contributed by atoms with Gasteiger partial charge in [0.2, 0.25) is 5.91 Å². The zero-order valence-electron chi connectivity index (χ0n) is 12.9. The summed E-state index contributed by atoms with van der Waals surface area (Å²) in [5, 5.41) is 3.06. The molecule has 2 aromatic rings. The van der Waals surface area contributed by atoms with Gasteiger partial charge >= 0.3 is 0 Å². The minimum Gasteiger partial charge on any atom is -0.323 e. The molecule has 2 aliphatic heterocycles. The maximum Gasteiger partial charge on any atom is 0.237 e. The van der Waals surface area contributed by atoms with Crippen molar-refractivity contribution in [3.63, 3.8) is 0 Å². The number of fused-ring (bicyclic) bond motifs is 1. The molecule has 0 saturated carbocycles. The Kier molecular flexibility index (Phi) is 3.65. The number of halogens is 2. The highest BCUT2D eigenvalue weighted by atomic mass is 19.1. The number of carbonyl (C=O) groups excluding carboxylic acids is 1. The van der Waals surface area contributed by atoms with Crippen LogP contribution in [0.5, 0.6) is 0 Å². The molecule has 0 aromatic heterocycles. The van der Waals surface area contributed by atoms with Crippen molar-refractivity contribution in [3.8, 4) is 0 Å². The molecule has 2 aliphatic rings. The van der Waals surface area contributed by atoms with Crippen LogP contribution in [-0.2, 0) is 4.79 Å². The Morgan fingerprint density at radius 3 is 2.67 bits per heavy atom. The molecule has 122 valence electrons. The van der Waals surface area contributed by atoms with E-state index in [2.05, 4.69) is 5.32 Å². The molecule has 0 spiro atoms. The van der Waals surface area contributed by atoms with Crippen LogP contribution in [0, 0.1) is 11.6 Å². The highest BCUT2D eigenvalue weighted by molar-refractivity contribution is 5.87. The van der Waals surface area contributed by atoms with Crippen molar-refractivity contribution < 1.29 is 13.6 Å². The maximum absolute atomic E-state index is 14.3. The third-order valence-corrected chi connectivity index (χ3v) is 4.61. The van der Waals surface area contributed by atoms with Crippen LogP contribution in [0.15, 0.2) is 54.6 Å². The molecule has 3 nitrogen and oxygen atoms in total. The van der Waals surface area contributed by atoms with Crippen LogP contribution in [0.1, 0.15) is 17.2 Å². The molecule has 0 radical (unpaired) electrons. The molecule has 0 bridgehead atoms. The number of benzene rings is 2. The zero-order chi connectivity index (χ0) is 16.7. The highest BCUT2D eigenvalue weighted by Crippen LogP contribution is 2.41. The first-order valence-corrected chi connectivity index (χ1v) is 7.89. The maximum atomic E-state index is 14.3. The summed E-state index contributed by atoms with van der Waals surface area (Å²) in [7, 11) is 0. The number of nitrogens with zero attached hydrogens (tertiary/aromatic N) is 1. The smallest absolute Gasteiger partial charge is 0.237 e. The van der Waals surface area contributed by atoms with E-state index < -0.39 is 11.6 Å². The molecular weight excluding hydrogens is 310 g/mol. The number of rotatable bonds is 2. The largest absolute Gasteiger partial charge is 0.323 e. The van der Waals surface area contributed by atoms with Gasteiger partial charge in [0.1, 0.15) is 11.6 Å². The van der Waals surface area contributed by atoms with Crippen molar-refractivity contribution in [2.24, 2.45) is 0 Å². The summed E-state index contributed by atoms with van der Waals surface area (Å²) in [6.45, 7) is 0.781. The van der Waals surface area contributed by atoms with Gasteiger partial charge in [-0.25, -0.2) is 8.78 Å². The molecule has 0 unspecified atom stereocenters. The van der Waals surface area contributed by atoms with Crippen molar-refractivity contribution in [2.75, 3.05) is 13.1 Å². The van der Waals surface area contributed by atoms with Crippen LogP contribution in [0.2, 0.25) is 0 Å². The second kappa shape index (κ2) is 5.83. The van der Waals surface area contributed by atoms with Crippen LogP contribution in [0.3, 0.4) is 0 Å². The molecule has 1 saturated heterocycles. The van der Waals surface area contributed by atoms with Gasteiger partial charge in [0.15, 0.2) is 0 Å². The lowest BCUT2D eigenvalue weighted by Crippen LogP contribution is -2.53. The van der Waals surface area contributed by atoms with E-state index in [9.17, 15) is 13.6 Å². The Labute approximate surface area is 138 Å². The summed E-state index contributed by atoms with van der Waals surface area (Å²) in [6.07, 6.45) is 1.88. The molecule has 1 N–H and O–H groups in total. The molecule has 2 aromatic carbocycles. The Morgan fingerprint density at radius 2 is 1.88 bits per heavy atom. The molecule has 2 atom stereocenters. The third-order valence-electron chi connectivity index (χ3n) is 4.61.